The van der Waals surface area contributed by atoms with E-state index in [-0.39, 0.29) is 35.5 Å². The topological polar surface area (TPSA) is 59.0 Å². The average molecular weight is 407 g/mol. The van der Waals surface area contributed by atoms with Crippen LogP contribution in [0.25, 0.3) is 0 Å². The van der Waals surface area contributed by atoms with Gasteiger partial charge in [0.05, 0.1) is 18.1 Å². The van der Waals surface area contributed by atoms with Gasteiger partial charge in [0, 0.05) is 16.1 Å². The molecule has 2 bridgehead atoms. The molecule has 2 aromatic rings. The van der Waals surface area contributed by atoms with Gasteiger partial charge in [-0.2, -0.15) is 10.1 Å². The summed E-state index contributed by atoms with van der Waals surface area (Å²) in [6, 6.07) is 14.9. The molecule has 1 heterocycles. The van der Waals surface area contributed by atoms with E-state index in [1.54, 1.807) is 0 Å². The molecule has 5 nitrogen and oxygen atoms in total. The lowest BCUT2D eigenvalue weighted by atomic mass is 9.85. The van der Waals surface area contributed by atoms with Crippen molar-refractivity contribution in [1.29, 1.82) is 0 Å². The highest BCUT2D eigenvalue weighted by atomic mass is 35.5. The van der Waals surface area contributed by atoms with Crippen molar-refractivity contribution in [3.05, 3.63) is 76.8 Å². The van der Waals surface area contributed by atoms with Crippen molar-refractivity contribution < 1.29 is 14.3 Å². The van der Waals surface area contributed by atoms with Gasteiger partial charge < -0.3 is 4.74 Å². The summed E-state index contributed by atoms with van der Waals surface area (Å²) in [4.78, 5) is 25.5. The fraction of sp³-hybridized carbons (Fsp3) is 0.261. The van der Waals surface area contributed by atoms with Crippen molar-refractivity contribution in [3.63, 3.8) is 0 Å². The van der Waals surface area contributed by atoms with Crippen LogP contribution in [-0.2, 0) is 16.2 Å². The zero-order valence-corrected chi connectivity index (χ0v) is 16.3. The molecule has 2 aromatic carbocycles. The summed E-state index contributed by atoms with van der Waals surface area (Å²) in [7, 11) is 0. The third-order valence-electron chi connectivity index (χ3n) is 6.02. The first-order valence-corrected chi connectivity index (χ1v) is 10.1. The summed E-state index contributed by atoms with van der Waals surface area (Å²) in [5.74, 6) is 0.0749. The molecule has 1 saturated carbocycles. The minimum atomic E-state index is -0.249. The van der Waals surface area contributed by atoms with Crippen LogP contribution in [0.5, 0.6) is 5.75 Å². The Hall–Kier alpha value is -2.92. The quantitative estimate of drug-likeness (QED) is 0.427. The second-order valence-corrected chi connectivity index (χ2v) is 8.06. The molecular formula is C23H19ClN2O3. The molecule has 2 aliphatic carbocycles. The van der Waals surface area contributed by atoms with Crippen molar-refractivity contribution in [2.24, 2.45) is 28.8 Å². The van der Waals surface area contributed by atoms with Gasteiger partial charge in [0.15, 0.2) is 0 Å². The molecule has 29 heavy (non-hydrogen) atoms. The van der Waals surface area contributed by atoms with E-state index in [1.807, 2.05) is 48.5 Å². The van der Waals surface area contributed by atoms with Gasteiger partial charge in [0.25, 0.3) is 11.8 Å². The minimum Gasteiger partial charge on any atom is -0.488 e. The van der Waals surface area contributed by atoms with Crippen molar-refractivity contribution in [1.82, 2.24) is 5.01 Å². The Bertz CT molecular complexity index is 1020. The molecule has 5 rings (SSSR count). The maximum Gasteiger partial charge on any atom is 0.254 e. The molecule has 0 unspecified atom stereocenters. The van der Waals surface area contributed by atoms with Crippen LogP contribution in [0.3, 0.4) is 0 Å². The molecule has 1 saturated heterocycles. The van der Waals surface area contributed by atoms with Gasteiger partial charge in [-0.05, 0) is 36.5 Å². The summed E-state index contributed by atoms with van der Waals surface area (Å²) in [5.41, 5.74) is 1.57. The van der Waals surface area contributed by atoms with Crippen LogP contribution in [0.4, 0.5) is 0 Å². The van der Waals surface area contributed by atoms with E-state index < -0.39 is 0 Å². The molecular weight excluding hydrogens is 388 g/mol. The number of para-hydroxylation sites is 1. The van der Waals surface area contributed by atoms with E-state index in [0.717, 1.165) is 17.0 Å². The van der Waals surface area contributed by atoms with E-state index in [9.17, 15) is 9.59 Å². The molecule has 1 aliphatic heterocycles. The number of benzene rings is 2. The van der Waals surface area contributed by atoms with Crippen LogP contribution in [0.2, 0.25) is 5.02 Å². The highest BCUT2D eigenvalue weighted by Crippen LogP contribution is 2.52. The normalized spacial score (nSPS) is 27.3. The van der Waals surface area contributed by atoms with Crippen LogP contribution in [0.15, 0.2) is 65.8 Å². The van der Waals surface area contributed by atoms with Crippen LogP contribution >= 0.6 is 11.6 Å². The Morgan fingerprint density at radius 2 is 1.66 bits per heavy atom. The SMILES string of the molecule is O=C1[C@@H]2[C@H](C(=O)N1/N=C\c1ccccc1OCc1ccccc1Cl)[C@@H]1C=C[C@H]2C1. The van der Waals surface area contributed by atoms with Crippen LogP contribution < -0.4 is 4.74 Å². The Kier molecular flexibility index (Phi) is 4.47. The number of nitrogens with zero attached hydrogens (tertiary/aromatic N) is 2. The Morgan fingerprint density at radius 3 is 2.38 bits per heavy atom. The van der Waals surface area contributed by atoms with Gasteiger partial charge in [-0.25, -0.2) is 0 Å². The fourth-order valence-electron chi connectivity index (χ4n) is 4.61. The summed E-state index contributed by atoms with van der Waals surface area (Å²) in [6.45, 7) is 0.311. The number of amides is 2. The van der Waals surface area contributed by atoms with E-state index >= 15 is 0 Å². The number of fused-ring (bicyclic) bond motifs is 5. The van der Waals surface area contributed by atoms with Crippen LogP contribution in [-0.4, -0.2) is 23.0 Å². The zero-order valence-electron chi connectivity index (χ0n) is 15.6. The largest absolute Gasteiger partial charge is 0.488 e. The number of hydrogen-bond acceptors (Lipinski definition) is 4. The molecule has 3 aliphatic rings. The summed E-state index contributed by atoms with van der Waals surface area (Å²) in [5, 5.41) is 5.93. The number of carbonyl (C=O) groups excluding carboxylic acids is 2. The molecule has 0 spiro atoms. The number of carbonyl (C=O) groups is 2. The van der Waals surface area contributed by atoms with E-state index in [0.29, 0.717) is 22.9 Å². The van der Waals surface area contributed by atoms with Crippen molar-refractivity contribution >= 4 is 29.6 Å². The van der Waals surface area contributed by atoms with Crippen molar-refractivity contribution in [2.45, 2.75) is 13.0 Å². The lowest BCUT2D eigenvalue weighted by Gasteiger charge is -2.13. The lowest BCUT2D eigenvalue weighted by molar-refractivity contribution is -0.140. The molecule has 2 fully saturated rings. The first kappa shape index (κ1) is 18.1. The molecule has 146 valence electrons. The highest BCUT2D eigenvalue weighted by molar-refractivity contribution is 6.31. The molecule has 0 radical (unpaired) electrons. The number of halogens is 1. The molecule has 2 amide bonds. The van der Waals surface area contributed by atoms with Crippen LogP contribution in [0.1, 0.15) is 17.5 Å². The van der Waals surface area contributed by atoms with Gasteiger partial charge in [-0.1, -0.05) is 54.1 Å². The van der Waals surface area contributed by atoms with Crippen molar-refractivity contribution in [2.75, 3.05) is 0 Å². The predicted octanol–water partition coefficient (Wildman–Crippen LogP) is 4.06. The number of rotatable bonds is 5. The average Bonchev–Trinajstić information content (AvgIpc) is 3.41. The maximum absolute atomic E-state index is 12.8. The molecule has 0 N–H and O–H groups in total. The highest BCUT2D eigenvalue weighted by Gasteiger charge is 2.59. The lowest BCUT2D eigenvalue weighted by Crippen LogP contribution is -2.28. The molecule has 0 aromatic heterocycles. The van der Waals surface area contributed by atoms with Gasteiger partial charge in [-0.15, -0.1) is 0 Å². The molecule has 4 atom stereocenters. The van der Waals surface area contributed by atoms with Gasteiger partial charge in [0.2, 0.25) is 0 Å². The van der Waals surface area contributed by atoms with E-state index in [1.165, 1.54) is 6.21 Å². The second kappa shape index (κ2) is 7.16. The van der Waals surface area contributed by atoms with Gasteiger partial charge in [0.1, 0.15) is 12.4 Å². The fourth-order valence-corrected chi connectivity index (χ4v) is 4.80. The maximum atomic E-state index is 12.8. The summed E-state index contributed by atoms with van der Waals surface area (Å²) >= 11 is 6.19. The standard InChI is InChI=1S/C23H19ClN2O3/c24-18-7-3-1-6-17(18)13-29-19-8-4-2-5-16(19)12-25-26-22(27)20-14-9-10-15(11-14)21(20)23(26)28/h1-10,12,14-15,20-21H,11,13H2/b25-12-/t14-,15+,20-,21+. The third kappa shape index (κ3) is 3.06. The Morgan fingerprint density at radius 1 is 1.00 bits per heavy atom. The Labute approximate surface area is 173 Å². The number of ether oxygens (including phenoxy) is 1. The van der Waals surface area contributed by atoms with Crippen LogP contribution in [0, 0.1) is 23.7 Å². The van der Waals surface area contributed by atoms with Crippen molar-refractivity contribution in [3.8, 4) is 5.75 Å². The first-order chi connectivity index (χ1) is 14.1. The first-order valence-electron chi connectivity index (χ1n) is 9.69. The zero-order chi connectivity index (χ0) is 20.0. The van der Waals surface area contributed by atoms with E-state index in [4.69, 9.17) is 16.3 Å². The van der Waals surface area contributed by atoms with Gasteiger partial charge in [-0.3, -0.25) is 9.59 Å². The predicted molar refractivity (Wildman–Crippen MR) is 109 cm³/mol. The minimum absolute atomic E-state index is 0.174. The second-order valence-electron chi connectivity index (χ2n) is 7.65. The smallest absolute Gasteiger partial charge is 0.254 e. The number of allylic oxidation sites excluding steroid dienone is 2. The number of hydrazone groups is 1. The van der Waals surface area contributed by atoms with E-state index in [2.05, 4.69) is 17.3 Å². The van der Waals surface area contributed by atoms with Gasteiger partial charge >= 0.3 is 0 Å². The Balaban J connectivity index is 1.34. The number of hydrogen-bond donors (Lipinski definition) is 0. The molecule has 6 heteroatoms. The summed E-state index contributed by atoms with van der Waals surface area (Å²) < 4.78 is 5.92. The third-order valence-corrected chi connectivity index (χ3v) is 6.39. The summed E-state index contributed by atoms with van der Waals surface area (Å²) in [6.07, 6.45) is 6.57. The monoisotopic (exact) mass is 406 g/mol. The number of imide groups is 1.